The van der Waals surface area contributed by atoms with Crippen LogP contribution in [-0.2, 0) is 4.79 Å². The number of benzene rings is 1. The number of amides is 1. The Kier molecular flexibility index (Phi) is 5.50. The molecule has 2 unspecified atom stereocenters. The Balaban J connectivity index is 1.52. The molecule has 1 aliphatic rings. The van der Waals surface area contributed by atoms with E-state index in [0.717, 1.165) is 6.54 Å². The number of pyridine rings is 1. The van der Waals surface area contributed by atoms with Gasteiger partial charge in [0.2, 0.25) is 5.88 Å². The molecule has 6 nitrogen and oxygen atoms in total. The maximum Gasteiger partial charge on any atom is 0.260 e. The van der Waals surface area contributed by atoms with Gasteiger partial charge < -0.3 is 19.7 Å². The fraction of sp³-hybridized carbons (Fsp3) is 0.368. The van der Waals surface area contributed by atoms with Crippen molar-refractivity contribution in [1.82, 2.24) is 15.2 Å². The fourth-order valence-electron chi connectivity index (χ4n) is 2.77. The zero-order valence-corrected chi connectivity index (χ0v) is 14.5. The summed E-state index contributed by atoms with van der Waals surface area (Å²) in [5.41, 5.74) is 0. The number of carbonyl (C=O) groups is 1. The second kappa shape index (κ2) is 7.98. The summed E-state index contributed by atoms with van der Waals surface area (Å²) in [5, 5.41) is 3.36. The maximum absolute atomic E-state index is 12.4. The average molecular weight is 341 g/mol. The van der Waals surface area contributed by atoms with Crippen molar-refractivity contribution >= 4 is 5.91 Å². The smallest absolute Gasteiger partial charge is 0.260 e. The topological polar surface area (TPSA) is 63.7 Å². The molecule has 1 fully saturated rings. The van der Waals surface area contributed by atoms with Crippen molar-refractivity contribution in [2.75, 3.05) is 19.7 Å². The third kappa shape index (κ3) is 4.48. The Hall–Kier alpha value is -2.60. The lowest BCUT2D eigenvalue weighted by molar-refractivity contribution is -0.137. The molecule has 132 valence electrons. The lowest BCUT2D eigenvalue weighted by atomic mass is 10.1. The van der Waals surface area contributed by atoms with Crippen LogP contribution >= 0.6 is 0 Å². The van der Waals surface area contributed by atoms with Gasteiger partial charge in [-0.1, -0.05) is 6.07 Å². The largest absolute Gasteiger partial charge is 0.484 e. The van der Waals surface area contributed by atoms with Crippen LogP contribution in [0.2, 0.25) is 0 Å². The highest BCUT2D eigenvalue weighted by Gasteiger charge is 2.28. The molecule has 1 amide bonds. The van der Waals surface area contributed by atoms with Crippen LogP contribution in [0, 0.1) is 0 Å². The Bertz CT molecular complexity index is 691. The van der Waals surface area contributed by atoms with E-state index < -0.39 is 0 Å². The van der Waals surface area contributed by atoms with Crippen molar-refractivity contribution in [3.63, 3.8) is 0 Å². The lowest BCUT2D eigenvalue weighted by Crippen LogP contribution is -2.58. The van der Waals surface area contributed by atoms with Gasteiger partial charge in [0, 0.05) is 37.4 Å². The van der Waals surface area contributed by atoms with Gasteiger partial charge >= 0.3 is 0 Å². The van der Waals surface area contributed by atoms with Crippen LogP contribution in [-0.4, -0.2) is 47.6 Å². The molecular formula is C19H23N3O3. The zero-order chi connectivity index (χ0) is 17.6. The van der Waals surface area contributed by atoms with Crippen LogP contribution in [0.15, 0.2) is 48.7 Å². The normalized spacial score (nSPS) is 20.2. The van der Waals surface area contributed by atoms with Crippen LogP contribution < -0.4 is 14.8 Å². The van der Waals surface area contributed by atoms with Gasteiger partial charge in [-0.2, -0.15) is 0 Å². The van der Waals surface area contributed by atoms with E-state index in [2.05, 4.69) is 24.1 Å². The predicted octanol–water partition coefficient (Wildman–Crippen LogP) is 2.46. The minimum Gasteiger partial charge on any atom is -0.484 e. The van der Waals surface area contributed by atoms with Crippen molar-refractivity contribution in [2.45, 2.75) is 25.9 Å². The Labute approximate surface area is 147 Å². The second-order valence-electron chi connectivity index (χ2n) is 6.10. The van der Waals surface area contributed by atoms with E-state index in [0.29, 0.717) is 30.0 Å². The number of hydrogen-bond donors (Lipinski definition) is 1. The molecule has 0 saturated carbocycles. The van der Waals surface area contributed by atoms with Gasteiger partial charge in [-0.15, -0.1) is 0 Å². The van der Waals surface area contributed by atoms with Crippen LogP contribution in [0.5, 0.6) is 17.4 Å². The van der Waals surface area contributed by atoms with Gasteiger partial charge in [0.25, 0.3) is 5.91 Å². The molecule has 1 aromatic carbocycles. The molecular weight excluding hydrogens is 318 g/mol. The Morgan fingerprint density at radius 3 is 2.68 bits per heavy atom. The lowest BCUT2D eigenvalue weighted by Gasteiger charge is -2.38. The van der Waals surface area contributed by atoms with E-state index >= 15 is 0 Å². The van der Waals surface area contributed by atoms with Crippen molar-refractivity contribution in [2.24, 2.45) is 0 Å². The standard InChI is InChI=1S/C19H23N3O3/c1-14-15(2)22(12-11-20-14)19(23)13-24-16-6-8-17(9-7-16)25-18-5-3-4-10-21-18/h3-10,14-15,20H,11-13H2,1-2H3. The molecule has 1 saturated heterocycles. The quantitative estimate of drug-likeness (QED) is 0.905. The van der Waals surface area contributed by atoms with Gasteiger partial charge in [-0.25, -0.2) is 4.98 Å². The number of piperazine rings is 1. The third-order valence-electron chi connectivity index (χ3n) is 4.40. The highest BCUT2D eigenvalue weighted by Crippen LogP contribution is 2.22. The van der Waals surface area contributed by atoms with Crippen LogP contribution in [0.1, 0.15) is 13.8 Å². The monoisotopic (exact) mass is 341 g/mol. The number of nitrogens with one attached hydrogen (secondary N) is 1. The van der Waals surface area contributed by atoms with Crippen molar-refractivity contribution < 1.29 is 14.3 Å². The maximum atomic E-state index is 12.4. The summed E-state index contributed by atoms with van der Waals surface area (Å²) in [6.45, 7) is 5.71. The first-order valence-corrected chi connectivity index (χ1v) is 8.48. The first-order chi connectivity index (χ1) is 12.1. The summed E-state index contributed by atoms with van der Waals surface area (Å²) < 4.78 is 11.3. The highest BCUT2D eigenvalue weighted by atomic mass is 16.5. The van der Waals surface area contributed by atoms with Gasteiger partial charge in [-0.05, 0) is 44.2 Å². The SMILES string of the molecule is CC1NCCN(C(=O)COc2ccc(Oc3ccccn3)cc2)C1C. The molecule has 25 heavy (non-hydrogen) atoms. The number of nitrogens with zero attached hydrogens (tertiary/aromatic N) is 2. The molecule has 2 heterocycles. The summed E-state index contributed by atoms with van der Waals surface area (Å²) in [5.74, 6) is 1.85. The van der Waals surface area contributed by atoms with Crippen LogP contribution in [0.3, 0.4) is 0 Å². The molecule has 6 heteroatoms. The Morgan fingerprint density at radius 1 is 1.20 bits per heavy atom. The van der Waals surface area contributed by atoms with Gasteiger partial charge in [-0.3, -0.25) is 4.79 Å². The molecule has 3 rings (SSSR count). The van der Waals surface area contributed by atoms with E-state index in [1.807, 2.05) is 17.0 Å². The molecule has 0 aliphatic carbocycles. The molecule has 1 N–H and O–H groups in total. The van der Waals surface area contributed by atoms with E-state index in [4.69, 9.17) is 9.47 Å². The van der Waals surface area contributed by atoms with Crippen molar-refractivity contribution in [1.29, 1.82) is 0 Å². The van der Waals surface area contributed by atoms with E-state index in [1.165, 1.54) is 0 Å². The molecule has 0 radical (unpaired) electrons. The van der Waals surface area contributed by atoms with Gasteiger partial charge in [0.15, 0.2) is 6.61 Å². The van der Waals surface area contributed by atoms with Gasteiger partial charge in [0.05, 0.1) is 0 Å². The first-order valence-electron chi connectivity index (χ1n) is 8.48. The summed E-state index contributed by atoms with van der Waals surface area (Å²) >= 11 is 0. The van der Waals surface area contributed by atoms with Crippen molar-refractivity contribution in [3.8, 4) is 17.4 Å². The zero-order valence-electron chi connectivity index (χ0n) is 14.5. The molecule has 0 spiro atoms. The molecule has 1 aromatic heterocycles. The minimum absolute atomic E-state index is 0.00895. The second-order valence-corrected chi connectivity index (χ2v) is 6.10. The summed E-state index contributed by atoms with van der Waals surface area (Å²) in [6, 6.07) is 13.1. The van der Waals surface area contributed by atoms with Crippen LogP contribution in [0.25, 0.3) is 0 Å². The minimum atomic E-state index is 0.00895. The highest BCUT2D eigenvalue weighted by molar-refractivity contribution is 5.78. The Morgan fingerprint density at radius 2 is 1.96 bits per heavy atom. The predicted molar refractivity (Wildman–Crippen MR) is 94.9 cm³/mol. The third-order valence-corrected chi connectivity index (χ3v) is 4.40. The number of aromatic nitrogens is 1. The number of rotatable bonds is 5. The molecule has 0 bridgehead atoms. The molecule has 2 aromatic rings. The number of hydrogen-bond acceptors (Lipinski definition) is 5. The van der Waals surface area contributed by atoms with E-state index in [1.54, 1.807) is 36.5 Å². The number of ether oxygens (including phenoxy) is 2. The van der Waals surface area contributed by atoms with Crippen molar-refractivity contribution in [3.05, 3.63) is 48.7 Å². The van der Waals surface area contributed by atoms with Crippen LogP contribution in [0.4, 0.5) is 0 Å². The molecule has 2 atom stereocenters. The molecule has 1 aliphatic heterocycles. The number of carbonyl (C=O) groups excluding carboxylic acids is 1. The van der Waals surface area contributed by atoms with E-state index in [9.17, 15) is 4.79 Å². The van der Waals surface area contributed by atoms with Gasteiger partial charge in [0.1, 0.15) is 11.5 Å². The summed E-state index contributed by atoms with van der Waals surface area (Å²) in [7, 11) is 0. The summed E-state index contributed by atoms with van der Waals surface area (Å²) in [6.07, 6.45) is 1.68. The average Bonchev–Trinajstić information content (AvgIpc) is 2.64. The fourth-order valence-corrected chi connectivity index (χ4v) is 2.77. The summed E-state index contributed by atoms with van der Waals surface area (Å²) in [4.78, 5) is 18.4. The van der Waals surface area contributed by atoms with E-state index in [-0.39, 0.29) is 18.6 Å². The first kappa shape index (κ1) is 17.2.